The predicted molar refractivity (Wildman–Crippen MR) is 78.8 cm³/mol. The summed E-state index contributed by atoms with van der Waals surface area (Å²) in [7, 11) is 0. The minimum atomic E-state index is 0.431. The summed E-state index contributed by atoms with van der Waals surface area (Å²) in [6.45, 7) is 7.99. The molecule has 2 rings (SSSR count). The van der Waals surface area contributed by atoms with Gasteiger partial charge >= 0.3 is 0 Å². The standard InChI is InChI=1S/C17H27N/c1-4-18-16(15-11-7-6-10-14(15)2)17(3)12-8-5-9-13-17/h6-7,10-11,16,18H,4-5,8-9,12-13H2,1-3H3. The number of aryl methyl sites for hydroxylation is 1. The summed E-state index contributed by atoms with van der Waals surface area (Å²) in [4.78, 5) is 0. The van der Waals surface area contributed by atoms with Gasteiger partial charge in [0.1, 0.15) is 0 Å². The highest BCUT2D eigenvalue weighted by Gasteiger charge is 2.36. The molecule has 0 heterocycles. The van der Waals surface area contributed by atoms with Crippen LogP contribution in [-0.4, -0.2) is 6.54 Å². The van der Waals surface area contributed by atoms with Crippen LogP contribution in [0, 0.1) is 12.3 Å². The van der Waals surface area contributed by atoms with Crippen LogP contribution in [0.5, 0.6) is 0 Å². The monoisotopic (exact) mass is 245 g/mol. The molecule has 1 fully saturated rings. The second-order valence-electron chi connectivity index (χ2n) is 6.06. The van der Waals surface area contributed by atoms with Crippen LogP contribution in [0.2, 0.25) is 0 Å². The molecule has 1 nitrogen and oxygen atoms in total. The second kappa shape index (κ2) is 5.88. The summed E-state index contributed by atoms with van der Waals surface area (Å²) < 4.78 is 0. The van der Waals surface area contributed by atoms with Gasteiger partial charge in [-0.25, -0.2) is 0 Å². The second-order valence-corrected chi connectivity index (χ2v) is 6.06. The molecule has 1 heteroatoms. The normalized spacial score (nSPS) is 20.6. The van der Waals surface area contributed by atoms with Gasteiger partial charge in [0.25, 0.3) is 0 Å². The first kappa shape index (κ1) is 13.6. The smallest absolute Gasteiger partial charge is 0.0377 e. The number of nitrogens with one attached hydrogen (secondary N) is 1. The van der Waals surface area contributed by atoms with Crippen molar-refractivity contribution in [2.75, 3.05) is 6.54 Å². The molecule has 0 amide bonds. The van der Waals surface area contributed by atoms with Gasteiger partial charge in [0, 0.05) is 6.04 Å². The molecule has 1 aliphatic rings. The van der Waals surface area contributed by atoms with Crippen molar-refractivity contribution >= 4 is 0 Å². The van der Waals surface area contributed by atoms with Crippen molar-refractivity contribution in [3.05, 3.63) is 35.4 Å². The topological polar surface area (TPSA) is 12.0 Å². The van der Waals surface area contributed by atoms with E-state index < -0.39 is 0 Å². The quantitative estimate of drug-likeness (QED) is 0.816. The summed E-state index contributed by atoms with van der Waals surface area (Å²) >= 11 is 0. The number of hydrogen-bond donors (Lipinski definition) is 1. The molecule has 1 saturated carbocycles. The van der Waals surface area contributed by atoms with Crippen molar-refractivity contribution < 1.29 is 0 Å². The van der Waals surface area contributed by atoms with Crippen molar-refractivity contribution in [2.45, 2.75) is 58.9 Å². The van der Waals surface area contributed by atoms with Crippen LogP contribution in [0.3, 0.4) is 0 Å². The van der Waals surface area contributed by atoms with Gasteiger partial charge in [-0.05, 0) is 42.9 Å². The fourth-order valence-corrected chi connectivity index (χ4v) is 3.49. The molecular formula is C17H27N. The van der Waals surface area contributed by atoms with Crippen LogP contribution >= 0.6 is 0 Å². The zero-order valence-corrected chi connectivity index (χ0v) is 12.1. The van der Waals surface area contributed by atoms with Gasteiger partial charge < -0.3 is 5.32 Å². The average Bonchev–Trinajstić information content (AvgIpc) is 2.38. The number of hydrogen-bond acceptors (Lipinski definition) is 1. The van der Waals surface area contributed by atoms with E-state index in [9.17, 15) is 0 Å². The summed E-state index contributed by atoms with van der Waals surface area (Å²) in [5, 5.41) is 3.75. The van der Waals surface area contributed by atoms with E-state index in [1.54, 1.807) is 0 Å². The molecule has 18 heavy (non-hydrogen) atoms. The van der Waals surface area contributed by atoms with Crippen LogP contribution in [-0.2, 0) is 0 Å². The van der Waals surface area contributed by atoms with E-state index in [4.69, 9.17) is 0 Å². The lowest BCUT2D eigenvalue weighted by atomic mass is 9.68. The Morgan fingerprint density at radius 2 is 1.83 bits per heavy atom. The Bertz CT molecular complexity index is 377. The fourth-order valence-electron chi connectivity index (χ4n) is 3.49. The molecule has 0 radical (unpaired) electrons. The van der Waals surface area contributed by atoms with Crippen molar-refractivity contribution in [3.63, 3.8) is 0 Å². The Kier molecular flexibility index (Phi) is 4.45. The SMILES string of the molecule is CCNC(c1ccccc1C)C1(C)CCCCC1. The largest absolute Gasteiger partial charge is 0.310 e. The molecule has 100 valence electrons. The fraction of sp³-hybridized carbons (Fsp3) is 0.647. The van der Waals surface area contributed by atoms with Gasteiger partial charge in [-0.15, -0.1) is 0 Å². The highest BCUT2D eigenvalue weighted by Crippen LogP contribution is 2.46. The van der Waals surface area contributed by atoms with Gasteiger partial charge in [0.15, 0.2) is 0 Å². The third-order valence-corrected chi connectivity index (χ3v) is 4.60. The van der Waals surface area contributed by atoms with Gasteiger partial charge in [-0.2, -0.15) is 0 Å². The maximum Gasteiger partial charge on any atom is 0.0377 e. The zero-order chi connectivity index (χ0) is 13.0. The Labute approximate surface area is 112 Å². The van der Waals surface area contributed by atoms with Gasteiger partial charge in [0.2, 0.25) is 0 Å². The first-order valence-electron chi connectivity index (χ1n) is 7.46. The molecule has 1 atom stereocenters. The molecule has 1 aliphatic carbocycles. The Hall–Kier alpha value is -0.820. The van der Waals surface area contributed by atoms with E-state index in [0.29, 0.717) is 11.5 Å². The highest BCUT2D eigenvalue weighted by atomic mass is 14.9. The van der Waals surface area contributed by atoms with E-state index in [1.807, 2.05) is 0 Å². The van der Waals surface area contributed by atoms with Gasteiger partial charge in [0.05, 0.1) is 0 Å². The molecule has 0 aliphatic heterocycles. The van der Waals surface area contributed by atoms with E-state index in [0.717, 1.165) is 6.54 Å². The highest BCUT2D eigenvalue weighted by molar-refractivity contribution is 5.30. The minimum Gasteiger partial charge on any atom is -0.310 e. The first-order chi connectivity index (χ1) is 8.67. The first-order valence-corrected chi connectivity index (χ1v) is 7.46. The Balaban J connectivity index is 2.30. The van der Waals surface area contributed by atoms with Crippen LogP contribution in [0.1, 0.15) is 63.1 Å². The third-order valence-electron chi connectivity index (χ3n) is 4.60. The number of benzene rings is 1. The average molecular weight is 245 g/mol. The molecule has 0 spiro atoms. The van der Waals surface area contributed by atoms with Crippen LogP contribution < -0.4 is 5.32 Å². The molecule has 1 aromatic rings. The summed E-state index contributed by atoms with van der Waals surface area (Å²) in [6.07, 6.45) is 6.93. The lowest BCUT2D eigenvalue weighted by Crippen LogP contribution is -2.38. The Morgan fingerprint density at radius 3 is 2.44 bits per heavy atom. The maximum absolute atomic E-state index is 3.75. The lowest BCUT2D eigenvalue weighted by Gasteiger charge is -2.42. The molecular weight excluding hydrogens is 218 g/mol. The van der Waals surface area contributed by atoms with E-state index >= 15 is 0 Å². The maximum atomic E-state index is 3.75. The van der Waals surface area contributed by atoms with Gasteiger partial charge in [-0.3, -0.25) is 0 Å². The van der Waals surface area contributed by atoms with Crippen LogP contribution in [0.15, 0.2) is 24.3 Å². The van der Waals surface area contributed by atoms with Crippen molar-refractivity contribution in [1.82, 2.24) is 5.32 Å². The third kappa shape index (κ3) is 2.77. The summed E-state index contributed by atoms with van der Waals surface area (Å²) in [6, 6.07) is 9.39. The molecule has 0 saturated heterocycles. The van der Waals surface area contributed by atoms with Crippen molar-refractivity contribution in [2.24, 2.45) is 5.41 Å². The predicted octanol–water partition coefficient (Wildman–Crippen LogP) is 4.62. The summed E-state index contributed by atoms with van der Waals surface area (Å²) in [5.41, 5.74) is 3.36. The van der Waals surface area contributed by atoms with E-state index in [-0.39, 0.29) is 0 Å². The van der Waals surface area contributed by atoms with Crippen molar-refractivity contribution in [3.8, 4) is 0 Å². The number of rotatable bonds is 4. The van der Waals surface area contributed by atoms with E-state index in [1.165, 1.54) is 43.2 Å². The Morgan fingerprint density at radius 1 is 1.17 bits per heavy atom. The molecule has 1 unspecified atom stereocenters. The zero-order valence-electron chi connectivity index (χ0n) is 12.1. The van der Waals surface area contributed by atoms with Crippen LogP contribution in [0.4, 0.5) is 0 Å². The summed E-state index contributed by atoms with van der Waals surface area (Å²) in [5.74, 6) is 0. The molecule has 0 bridgehead atoms. The lowest BCUT2D eigenvalue weighted by molar-refractivity contribution is 0.145. The van der Waals surface area contributed by atoms with Gasteiger partial charge in [-0.1, -0.05) is 57.4 Å². The molecule has 1 N–H and O–H groups in total. The molecule has 1 aromatic carbocycles. The van der Waals surface area contributed by atoms with E-state index in [2.05, 4.69) is 50.4 Å². The van der Waals surface area contributed by atoms with Crippen LogP contribution in [0.25, 0.3) is 0 Å². The van der Waals surface area contributed by atoms with Crippen molar-refractivity contribution in [1.29, 1.82) is 0 Å². The molecule has 0 aromatic heterocycles. The minimum absolute atomic E-state index is 0.431.